The first kappa shape index (κ1) is 16.1. The lowest BCUT2D eigenvalue weighted by molar-refractivity contribution is 0.141. The number of para-hydroxylation sites is 1. The van der Waals surface area contributed by atoms with E-state index in [2.05, 4.69) is 0 Å². The number of rotatable bonds is 3. The van der Waals surface area contributed by atoms with Crippen molar-refractivity contribution in [2.24, 2.45) is 0 Å². The van der Waals surface area contributed by atoms with E-state index in [0.717, 1.165) is 10.9 Å². The molecule has 0 bridgehead atoms. The average Bonchev–Trinajstić information content (AvgIpc) is 3.02. The Hall–Kier alpha value is -2.75. The number of carbonyl (C=O) groups is 1. The maximum absolute atomic E-state index is 12.8. The van der Waals surface area contributed by atoms with Crippen LogP contribution in [-0.4, -0.2) is 11.6 Å². The maximum atomic E-state index is 12.8. The highest BCUT2D eigenvalue weighted by Crippen LogP contribution is 2.32. The molecule has 1 aromatic heterocycles. The van der Waals surface area contributed by atoms with Crippen molar-refractivity contribution in [2.45, 2.75) is 32.9 Å². The van der Waals surface area contributed by atoms with Gasteiger partial charge in [-0.1, -0.05) is 42.5 Å². The normalized spacial score (nSPS) is 11.5. The molecule has 4 nitrogen and oxygen atoms in total. The molecule has 0 N–H and O–H groups in total. The standard InChI is InChI=1S/C20H21NO3/c1-20(2,3)21(17-11-7-10-16-12-13-23-18(16)17)19(22)24-14-15-8-5-4-6-9-15/h4-13H,14H2,1-3H3. The summed E-state index contributed by atoms with van der Waals surface area (Å²) >= 11 is 0. The number of ether oxygens (including phenoxy) is 1. The van der Waals surface area contributed by atoms with E-state index >= 15 is 0 Å². The molecule has 0 aliphatic carbocycles. The largest absolute Gasteiger partial charge is 0.462 e. The quantitative estimate of drug-likeness (QED) is 0.650. The Labute approximate surface area is 141 Å². The number of amides is 1. The van der Waals surface area contributed by atoms with Crippen LogP contribution in [0.5, 0.6) is 0 Å². The molecule has 4 heteroatoms. The summed E-state index contributed by atoms with van der Waals surface area (Å²) in [5, 5.41) is 0.956. The van der Waals surface area contributed by atoms with Crippen LogP contribution < -0.4 is 4.90 Å². The van der Waals surface area contributed by atoms with E-state index in [-0.39, 0.29) is 6.61 Å². The summed E-state index contributed by atoms with van der Waals surface area (Å²) in [5.74, 6) is 0. The zero-order valence-electron chi connectivity index (χ0n) is 14.2. The van der Waals surface area contributed by atoms with Gasteiger partial charge in [-0.2, -0.15) is 0 Å². The van der Waals surface area contributed by atoms with E-state index in [4.69, 9.17) is 9.15 Å². The summed E-state index contributed by atoms with van der Waals surface area (Å²) in [4.78, 5) is 14.4. The van der Waals surface area contributed by atoms with Crippen molar-refractivity contribution in [1.29, 1.82) is 0 Å². The molecule has 1 heterocycles. The van der Waals surface area contributed by atoms with Crippen molar-refractivity contribution in [1.82, 2.24) is 0 Å². The number of furan rings is 1. The molecule has 0 saturated heterocycles. The van der Waals surface area contributed by atoms with Gasteiger partial charge in [-0.3, -0.25) is 4.90 Å². The van der Waals surface area contributed by atoms with Gasteiger partial charge in [0, 0.05) is 10.9 Å². The summed E-state index contributed by atoms with van der Waals surface area (Å²) in [7, 11) is 0. The van der Waals surface area contributed by atoms with E-state index in [1.54, 1.807) is 11.2 Å². The molecule has 2 aromatic carbocycles. The Morgan fingerprint density at radius 3 is 2.50 bits per heavy atom. The Kier molecular flexibility index (Phi) is 4.30. The number of hydrogen-bond acceptors (Lipinski definition) is 3. The van der Waals surface area contributed by atoms with Gasteiger partial charge in [-0.15, -0.1) is 0 Å². The third-order valence-corrected chi connectivity index (χ3v) is 3.76. The lowest BCUT2D eigenvalue weighted by Gasteiger charge is -2.34. The topological polar surface area (TPSA) is 42.7 Å². The molecule has 0 aliphatic heterocycles. The van der Waals surface area contributed by atoms with Gasteiger partial charge in [-0.05, 0) is 38.5 Å². The van der Waals surface area contributed by atoms with Crippen LogP contribution in [0.25, 0.3) is 11.0 Å². The smallest absolute Gasteiger partial charge is 0.415 e. The third kappa shape index (κ3) is 3.27. The Bertz CT molecular complexity index is 831. The monoisotopic (exact) mass is 323 g/mol. The molecular formula is C20H21NO3. The summed E-state index contributed by atoms with van der Waals surface area (Å²) < 4.78 is 11.1. The van der Waals surface area contributed by atoms with Crippen molar-refractivity contribution in [3.8, 4) is 0 Å². The van der Waals surface area contributed by atoms with Crippen molar-refractivity contribution < 1.29 is 13.9 Å². The average molecular weight is 323 g/mol. The SMILES string of the molecule is CC(C)(C)N(C(=O)OCc1ccccc1)c1cccc2ccoc12. The molecule has 0 unspecified atom stereocenters. The fourth-order valence-corrected chi connectivity index (χ4v) is 2.67. The lowest BCUT2D eigenvalue weighted by atomic mass is 10.0. The molecule has 3 aromatic rings. The van der Waals surface area contributed by atoms with Gasteiger partial charge in [0.1, 0.15) is 6.61 Å². The molecule has 0 atom stereocenters. The second-order valence-electron chi connectivity index (χ2n) is 6.66. The third-order valence-electron chi connectivity index (χ3n) is 3.76. The predicted octanol–water partition coefficient (Wildman–Crippen LogP) is 5.37. The molecule has 24 heavy (non-hydrogen) atoms. The van der Waals surface area contributed by atoms with Crippen molar-refractivity contribution in [3.05, 3.63) is 66.4 Å². The van der Waals surface area contributed by atoms with Gasteiger partial charge in [-0.25, -0.2) is 4.79 Å². The maximum Gasteiger partial charge on any atom is 0.415 e. The van der Waals surface area contributed by atoms with E-state index in [1.807, 2.05) is 75.4 Å². The number of carbonyl (C=O) groups excluding carboxylic acids is 1. The van der Waals surface area contributed by atoms with Gasteiger partial charge >= 0.3 is 6.09 Å². The molecule has 1 amide bonds. The Morgan fingerprint density at radius 2 is 1.79 bits per heavy atom. The van der Waals surface area contributed by atoms with Crippen LogP contribution in [0.4, 0.5) is 10.5 Å². The Balaban J connectivity index is 1.90. The molecular weight excluding hydrogens is 302 g/mol. The first-order valence-corrected chi connectivity index (χ1v) is 7.94. The second-order valence-corrected chi connectivity index (χ2v) is 6.66. The molecule has 3 rings (SSSR count). The minimum absolute atomic E-state index is 0.236. The van der Waals surface area contributed by atoms with Crippen molar-refractivity contribution >= 4 is 22.7 Å². The number of hydrogen-bond donors (Lipinski definition) is 0. The highest BCUT2D eigenvalue weighted by atomic mass is 16.6. The number of nitrogens with zero attached hydrogens (tertiary/aromatic N) is 1. The van der Waals surface area contributed by atoms with Crippen LogP contribution in [0.3, 0.4) is 0 Å². The number of fused-ring (bicyclic) bond motifs is 1. The predicted molar refractivity (Wildman–Crippen MR) is 95.1 cm³/mol. The summed E-state index contributed by atoms with van der Waals surface area (Å²) in [5.41, 5.74) is 1.90. The molecule has 0 fully saturated rings. The van der Waals surface area contributed by atoms with Crippen molar-refractivity contribution in [3.63, 3.8) is 0 Å². The first-order chi connectivity index (χ1) is 11.5. The van der Waals surface area contributed by atoms with Crippen LogP contribution in [0.2, 0.25) is 0 Å². The van der Waals surface area contributed by atoms with Gasteiger partial charge in [0.2, 0.25) is 0 Å². The molecule has 0 radical (unpaired) electrons. The van der Waals surface area contributed by atoms with Crippen LogP contribution >= 0.6 is 0 Å². The lowest BCUT2D eigenvalue weighted by Crippen LogP contribution is -2.46. The minimum atomic E-state index is -0.450. The fraction of sp³-hybridized carbons (Fsp3) is 0.250. The highest BCUT2D eigenvalue weighted by molar-refractivity contribution is 5.99. The summed E-state index contributed by atoms with van der Waals surface area (Å²) in [6, 6.07) is 17.3. The number of anilines is 1. The molecule has 124 valence electrons. The zero-order valence-corrected chi connectivity index (χ0v) is 14.2. The second kappa shape index (κ2) is 6.40. The van der Waals surface area contributed by atoms with Gasteiger partial charge in [0.15, 0.2) is 5.58 Å². The number of benzene rings is 2. The van der Waals surface area contributed by atoms with E-state index in [0.29, 0.717) is 11.3 Å². The van der Waals surface area contributed by atoms with E-state index in [1.165, 1.54) is 0 Å². The van der Waals surface area contributed by atoms with Crippen LogP contribution in [-0.2, 0) is 11.3 Å². The van der Waals surface area contributed by atoms with Gasteiger partial charge < -0.3 is 9.15 Å². The van der Waals surface area contributed by atoms with E-state index in [9.17, 15) is 4.79 Å². The Morgan fingerprint density at radius 1 is 1.04 bits per heavy atom. The van der Waals surface area contributed by atoms with Crippen LogP contribution in [0, 0.1) is 0 Å². The fourth-order valence-electron chi connectivity index (χ4n) is 2.67. The van der Waals surface area contributed by atoms with Gasteiger partial charge in [0.25, 0.3) is 0 Å². The van der Waals surface area contributed by atoms with E-state index < -0.39 is 11.6 Å². The summed E-state index contributed by atoms with van der Waals surface area (Å²) in [6.45, 7) is 6.15. The van der Waals surface area contributed by atoms with Crippen LogP contribution in [0.15, 0.2) is 65.3 Å². The van der Waals surface area contributed by atoms with Crippen molar-refractivity contribution in [2.75, 3.05) is 4.90 Å². The highest BCUT2D eigenvalue weighted by Gasteiger charge is 2.31. The zero-order chi connectivity index (χ0) is 17.2. The molecule has 0 spiro atoms. The molecule has 0 aliphatic rings. The van der Waals surface area contributed by atoms with Gasteiger partial charge in [0.05, 0.1) is 12.0 Å². The molecule has 0 saturated carbocycles. The first-order valence-electron chi connectivity index (χ1n) is 7.94. The summed E-state index contributed by atoms with van der Waals surface area (Å²) in [6.07, 6.45) is 1.24. The minimum Gasteiger partial charge on any atom is -0.462 e. The van der Waals surface area contributed by atoms with Crippen LogP contribution in [0.1, 0.15) is 26.3 Å².